The van der Waals surface area contributed by atoms with Crippen molar-refractivity contribution in [1.82, 2.24) is 4.31 Å². The van der Waals surface area contributed by atoms with Gasteiger partial charge in [-0.2, -0.15) is 4.31 Å². The average Bonchev–Trinajstić information content (AvgIpc) is 2.55. The molecule has 26 heavy (non-hydrogen) atoms. The van der Waals surface area contributed by atoms with Crippen molar-refractivity contribution >= 4 is 28.5 Å². The number of aromatic hydroxyl groups is 1. The second-order valence-corrected chi connectivity index (χ2v) is 9.81. The maximum Gasteiger partial charge on any atom is 0.246 e. The third kappa shape index (κ3) is 8.90. The van der Waals surface area contributed by atoms with E-state index in [9.17, 15) is 18.4 Å². The van der Waals surface area contributed by atoms with Crippen LogP contribution in [0.1, 0.15) is 40.5 Å². The number of rotatable bonds is 10. The van der Waals surface area contributed by atoms with E-state index in [-0.39, 0.29) is 10.6 Å². The molecule has 0 saturated heterocycles. The molecule has 0 aliphatic rings. The number of phenols is 1. The van der Waals surface area contributed by atoms with Crippen LogP contribution in [0.15, 0.2) is 29.2 Å². The number of phenolic OH excluding ortho intramolecular Hbond substituents is 1. The van der Waals surface area contributed by atoms with Gasteiger partial charge in [-0.15, -0.1) is 0 Å². The summed E-state index contributed by atoms with van der Waals surface area (Å²) < 4.78 is 35.3. The number of hydrogen-bond donors (Lipinski definition) is 1. The van der Waals surface area contributed by atoms with Crippen LogP contribution in [0.4, 0.5) is 0 Å². The molecule has 152 valence electrons. The Morgan fingerprint density at radius 2 is 1.54 bits per heavy atom. The summed E-state index contributed by atoms with van der Waals surface area (Å²) in [4.78, 5) is 10.8. The van der Waals surface area contributed by atoms with E-state index in [1.54, 1.807) is 26.0 Å². The molecule has 10 heteroatoms. The molecule has 0 heterocycles. The lowest BCUT2D eigenvalue weighted by atomic mass is 10.3. The first-order valence-electron chi connectivity index (χ1n) is 8.54. The number of hydrogen-bond acceptors (Lipinski definition) is 7. The fraction of sp³-hybridized carbons (Fsp3) is 0.625. The summed E-state index contributed by atoms with van der Waals surface area (Å²) in [5.74, 6) is -0.190. The first-order chi connectivity index (χ1) is 12.2. The minimum Gasteiger partial charge on any atom is -0.780 e. The van der Waals surface area contributed by atoms with Gasteiger partial charge in [-0.05, 0) is 38.8 Å². The first-order valence-corrected chi connectivity index (χ1v) is 12.5. The van der Waals surface area contributed by atoms with Gasteiger partial charge in [0, 0.05) is 13.1 Å². The molecule has 1 N–H and O–H groups in total. The first kappa shape index (κ1) is 25.5. The summed E-state index contributed by atoms with van der Waals surface area (Å²) in [6, 6.07) is 6.05. The molecule has 0 spiro atoms. The third-order valence-corrected chi connectivity index (χ3v) is 6.73. The molecule has 0 atom stereocenters. The van der Waals surface area contributed by atoms with Crippen molar-refractivity contribution in [1.29, 1.82) is 0 Å². The van der Waals surface area contributed by atoms with E-state index < -0.39 is 16.7 Å². The van der Waals surface area contributed by atoms with Gasteiger partial charge in [-0.25, -0.2) is 8.42 Å². The van der Waals surface area contributed by atoms with Gasteiger partial charge in [-0.3, -0.25) is 0 Å². The molecule has 0 radical (unpaired) electrons. The van der Waals surface area contributed by atoms with Crippen molar-refractivity contribution in [2.45, 2.75) is 45.4 Å². The van der Waals surface area contributed by atoms with Crippen molar-refractivity contribution in [3.8, 4) is 5.75 Å². The highest BCUT2D eigenvalue weighted by atomic mass is 32.5. The smallest absolute Gasteiger partial charge is 0.246 e. The van der Waals surface area contributed by atoms with Crippen LogP contribution in [0.3, 0.4) is 0 Å². The highest BCUT2D eigenvalue weighted by Crippen LogP contribution is 2.37. The molecule has 0 saturated carbocycles. The molecule has 0 aliphatic carbocycles. The quantitative estimate of drug-likeness (QED) is 0.574. The average molecular weight is 427 g/mol. The molecule has 0 unspecified atom stereocenters. The van der Waals surface area contributed by atoms with Gasteiger partial charge in [0.1, 0.15) is 17.4 Å². The molecular formula is C16H29NO6PS2-. The van der Waals surface area contributed by atoms with Crippen LogP contribution in [0.25, 0.3) is 0 Å². The lowest BCUT2D eigenvalue weighted by Crippen LogP contribution is -2.32. The zero-order valence-electron chi connectivity index (χ0n) is 15.8. The van der Waals surface area contributed by atoms with E-state index in [0.29, 0.717) is 26.3 Å². The van der Waals surface area contributed by atoms with Gasteiger partial charge in [0.15, 0.2) is 0 Å². The Kier molecular flexibility index (Phi) is 12.5. The molecule has 0 amide bonds. The van der Waals surface area contributed by atoms with E-state index in [2.05, 4.69) is 20.9 Å². The Bertz CT molecular complexity index is 652. The van der Waals surface area contributed by atoms with Crippen molar-refractivity contribution in [2.75, 3.05) is 26.3 Å². The topological polar surface area (TPSA) is 99.1 Å². The fourth-order valence-corrected chi connectivity index (χ4v) is 5.07. The van der Waals surface area contributed by atoms with Crippen LogP contribution >= 0.6 is 6.72 Å². The van der Waals surface area contributed by atoms with Crippen molar-refractivity contribution in [3.05, 3.63) is 24.3 Å². The van der Waals surface area contributed by atoms with Crippen LogP contribution in [-0.2, 0) is 30.9 Å². The van der Waals surface area contributed by atoms with Crippen LogP contribution in [0, 0.1) is 0 Å². The molecule has 7 nitrogen and oxygen atoms in total. The molecule has 0 bridgehead atoms. The normalized spacial score (nSPS) is 11.9. The maximum atomic E-state index is 12.3. The fourth-order valence-electron chi connectivity index (χ4n) is 2.02. The van der Waals surface area contributed by atoms with Crippen molar-refractivity contribution in [2.24, 2.45) is 0 Å². The van der Waals surface area contributed by atoms with Crippen LogP contribution in [0.5, 0.6) is 5.75 Å². The maximum absolute atomic E-state index is 12.3. The SMILES string of the molecule is CCCN(CCC)S(=O)(=O)c1ccccc1O.CCOP([O-])(=S)OCC. The Morgan fingerprint density at radius 3 is 1.92 bits per heavy atom. The van der Waals surface area contributed by atoms with Gasteiger partial charge in [0.05, 0.1) is 13.2 Å². The van der Waals surface area contributed by atoms with Crippen molar-refractivity contribution in [3.63, 3.8) is 0 Å². The minimum absolute atomic E-state index is 0.0121. The van der Waals surface area contributed by atoms with Gasteiger partial charge in [0.2, 0.25) is 10.0 Å². The lowest BCUT2D eigenvalue weighted by Gasteiger charge is -2.25. The summed E-state index contributed by atoms with van der Waals surface area (Å²) >= 11 is 4.45. The molecule has 1 rings (SSSR count). The zero-order valence-corrected chi connectivity index (χ0v) is 18.3. The second kappa shape index (κ2) is 12.8. The van der Waals surface area contributed by atoms with E-state index in [1.165, 1.54) is 16.4 Å². The van der Waals surface area contributed by atoms with Crippen LogP contribution in [0.2, 0.25) is 0 Å². The van der Waals surface area contributed by atoms with E-state index >= 15 is 0 Å². The Balaban J connectivity index is 0.000000590. The monoisotopic (exact) mass is 426 g/mol. The summed E-state index contributed by atoms with van der Waals surface area (Å²) in [6.07, 6.45) is 1.51. The van der Waals surface area contributed by atoms with Crippen LogP contribution in [-0.4, -0.2) is 44.1 Å². The number of para-hydroxylation sites is 1. The Morgan fingerprint density at radius 1 is 1.08 bits per heavy atom. The van der Waals surface area contributed by atoms with Crippen molar-refractivity contribution < 1.29 is 27.5 Å². The van der Waals surface area contributed by atoms with E-state index in [1.807, 2.05) is 13.8 Å². The minimum atomic E-state index is -3.57. The second-order valence-electron chi connectivity index (χ2n) is 5.15. The highest BCUT2D eigenvalue weighted by molar-refractivity contribution is 8.06. The largest absolute Gasteiger partial charge is 0.780 e. The lowest BCUT2D eigenvalue weighted by molar-refractivity contribution is -0.205. The van der Waals surface area contributed by atoms with E-state index in [4.69, 9.17) is 0 Å². The molecule has 0 fully saturated rings. The highest BCUT2D eigenvalue weighted by Gasteiger charge is 2.25. The standard InChI is InChI=1S/C12H19NO3S.C4H11O3PS/c1-3-9-13(10-4-2)17(15,16)12-8-6-5-7-11(12)14;1-3-6-8(5,9)7-4-2/h5-8,14H,3-4,9-10H2,1-2H3;3-4H2,1-2H3,(H,5,9)/p-1. The van der Waals surface area contributed by atoms with Gasteiger partial charge < -0.3 is 19.0 Å². The number of sulfonamides is 1. The third-order valence-electron chi connectivity index (χ3n) is 3.00. The summed E-state index contributed by atoms with van der Waals surface area (Å²) in [7, 11) is -3.57. The predicted octanol–water partition coefficient (Wildman–Crippen LogP) is 2.85. The van der Waals surface area contributed by atoms with Gasteiger partial charge in [0.25, 0.3) is 0 Å². The van der Waals surface area contributed by atoms with Gasteiger partial charge in [-0.1, -0.05) is 37.8 Å². The predicted molar refractivity (Wildman–Crippen MR) is 105 cm³/mol. The summed E-state index contributed by atoms with van der Waals surface area (Å²) in [5.41, 5.74) is 0. The number of benzene rings is 1. The molecule has 0 aromatic heterocycles. The molecule has 1 aromatic carbocycles. The van der Waals surface area contributed by atoms with E-state index in [0.717, 1.165) is 12.8 Å². The molecular weight excluding hydrogens is 397 g/mol. The Hall–Kier alpha value is -0.540. The van der Waals surface area contributed by atoms with Gasteiger partial charge >= 0.3 is 0 Å². The zero-order chi connectivity index (χ0) is 20.2. The number of nitrogens with zero attached hydrogens (tertiary/aromatic N) is 1. The van der Waals surface area contributed by atoms with Crippen LogP contribution < -0.4 is 4.89 Å². The Labute approximate surface area is 162 Å². The summed E-state index contributed by atoms with van der Waals surface area (Å²) in [6.45, 7) is 5.82. The summed E-state index contributed by atoms with van der Waals surface area (Å²) in [5, 5.41) is 9.63. The molecule has 1 aromatic rings. The molecule has 0 aliphatic heterocycles.